The number of imidazole rings is 1. The SMILES string of the molecule is CCc1cccc(-c2[nH]c(CCc3ccc(C(N)=O)cc3)nc2-c2ccc3nccnc3c2)n1. The monoisotopic (exact) mass is 448 g/mol. The third-order valence-corrected chi connectivity index (χ3v) is 5.81. The number of nitrogens with one attached hydrogen (secondary N) is 1. The Morgan fingerprint density at radius 3 is 2.47 bits per heavy atom. The Balaban J connectivity index is 1.51. The molecule has 168 valence electrons. The number of aryl methyl sites for hydroxylation is 3. The van der Waals surface area contributed by atoms with E-state index in [1.807, 2.05) is 48.5 Å². The van der Waals surface area contributed by atoms with Gasteiger partial charge in [0, 0.05) is 35.6 Å². The molecule has 0 bridgehead atoms. The van der Waals surface area contributed by atoms with E-state index in [0.717, 1.165) is 63.6 Å². The summed E-state index contributed by atoms with van der Waals surface area (Å²) in [5, 5.41) is 0. The van der Waals surface area contributed by atoms with Crippen LogP contribution in [0.2, 0.25) is 0 Å². The van der Waals surface area contributed by atoms with Crippen molar-refractivity contribution >= 4 is 16.9 Å². The number of aromatic nitrogens is 5. The maximum Gasteiger partial charge on any atom is 0.248 e. The third-order valence-electron chi connectivity index (χ3n) is 5.81. The van der Waals surface area contributed by atoms with E-state index in [1.54, 1.807) is 24.5 Å². The molecule has 0 fully saturated rings. The molecule has 0 spiro atoms. The zero-order valence-electron chi connectivity index (χ0n) is 18.8. The predicted molar refractivity (Wildman–Crippen MR) is 132 cm³/mol. The second-order valence-electron chi connectivity index (χ2n) is 8.10. The van der Waals surface area contributed by atoms with E-state index < -0.39 is 5.91 Å². The highest BCUT2D eigenvalue weighted by Gasteiger charge is 2.16. The number of hydrogen-bond acceptors (Lipinski definition) is 5. The summed E-state index contributed by atoms with van der Waals surface area (Å²) in [6, 6.07) is 19.4. The second-order valence-corrected chi connectivity index (χ2v) is 8.10. The number of primary amides is 1. The first-order valence-electron chi connectivity index (χ1n) is 11.3. The van der Waals surface area contributed by atoms with Crippen LogP contribution in [0, 0.1) is 0 Å². The second kappa shape index (κ2) is 9.23. The largest absolute Gasteiger partial charge is 0.366 e. The molecular formula is C27H24N6O. The molecule has 5 rings (SSSR count). The zero-order valence-corrected chi connectivity index (χ0v) is 18.8. The first-order valence-corrected chi connectivity index (χ1v) is 11.3. The minimum atomic E-state index is -0.422. The molecule has 1 amide bonds. The number of H-pyrrole nitrogens is 1. The average molecular weight is 449 g/mol. The lowest BCUT2D eigenvalue weighted by Crippen LogP contribution is -2.10. The van der Waals surface area contributed by atoms with E-state index in [4.69, 9.17) is 15.7 Å². The molecule has 3 heterocycles. The number of carbonyl (C=O) groups is 1. The number of nitrogens with zero attached hydrogens (tertiary/aromatic N) is 4. The summed E-state index contributed by atoms with van der Waals surface area (Å²) < 4.78 is 0. The Bertz CT molecular complexity index is 1470. The summed E-state index contributed by atoms with van der Waals surface area (Å²) in [5.74, 6) is 0.445. The number of amides is 1. The number of aromatic amines is 1. The van der Waals surface area contributed by atoms with E-state index in [1.165, 1.54) is 0 Å². The molecule has 34 heavy (non-hydrogen) atoms. The molecule has 5 aromatic rings. The van der Waals surface area contributed by atoms with Crippen LogP contribution in [-0.2, 0) is 19.3 Å². The van der Waals surface area contributed by atoms with Gasteiger partial charge in [0.2, 0.25) is 5.91 Å². The van der Waals surface area contributed by atoms with Gasteiger partial charge >= 0.3 is 0 Å². The van der Waals surface area contributed by atoms with Crippen LogP contribution in [0.15, 0.2) is 73.1 Å². The Labute approximate surface area is 197 Å². The summed E-state index contributed by atoms with van der Waals surface area (Å²) in [4.78, 5) is 33.4. The highest BCUT2D eigenvalue weighted by Crippen LogP contribution is 2.31. The van der Waals surface area contributed by atoms with Crippen molar-refractivity contribution in [1.82, 2.24) is 24.9 Å². The number of pyridine rings is 1. The third kappa shape index (κ3) is 4.41. The normalized spacial score (nSPS) is 11.1. The van der Waals surface area contributed by atoms with Crippen LogP contribution in [0.5, 0.6) is 0 Å². The lowest BCUT2D eigenvalue weighted by molar-refractivity contribution is 0.100. The molecule has 0 atom stereocenters. The highest BCUT2D eigenvalue weighted by atomic mass is 16.1. The number of carbonyl (C=O) groups excluding carboxylic acids is 1. The van der Waals surface area contributed by atoms with Gasteiger partial charge in [0.25, 0.3) is 0 Å². The van der Waals surface area contributed by atoms with Crippen molar-refractivity contribution in [3.05, 3.63) is 95.7 Å². The molecule has 0 radical (unpaired) electrons. The quantitative estimate of drug-likeness (QED) is 0.380. The first-order chi connectivity index (χ1) is 16.6. The van der Waals surface area contributed by atoms with Crippen molar-refractivity contribution < 1.29 is 4.79 Å². The van der Waals surface area contributed by atoms with Crippen LogP contribution in [-0.4, -0.2) is 30.8 Å². The van der Waals surface area contributed by atoms with Crippen LogP contribution in [0.4, 0.5) is 0 Å². The molecule has 0 unspecified atom stereocenters. The van der Waals surface area contributed by atoms with E-state index in [0.29, 0.717) is 12.0 Å². The van der Waals surface area contributed by atoms with Crippen LogP contribution < -0.4 is 5.73 Å². The fraction of sp³-hybridized carbons (Fsp3) is 0.148. The zero-order chi connectivity index (χ0) is 23.5. The fourth-order valence-corrected chi connectivity index (χ4v) is 3.96. The van der Waals surface area contributed by atoms with Gasteiger partial charge < -0.3 is 10.7 Å². The van der Waals surface area contributed by atoms with Gasteiger partial charge in [-0.05, 0) is 54.8 Å². The molecule has 0 aliphatic carbocycles. The van der Waals surface area contributed by atoms with Crippen LogP contribution >= 0.6 is 0 Å². The molecule has 3 N–H and O–H groups in total. The van der Waals surface area contributed by atoms with E-state index in [-0.39, 0.29) is 0 Å². The van der Waals surface area contributed by atoms with Crippen molar-refractivity contribution in [3.8, 4) is 22.6 Å². The minimum Gasteiger partial charge on any atom is -0.366 e. The molecule has 7 nitrogen and oxygen atoms in total. The van der Waals surface area contributed by atoms with E-state index in [2.05, 4.69) is 21.9 Å². The molecular weight excluding hydrogens is 424 g/mol. The summed E-state index contributed by atoms with van der Waals surface area (Å²) in [6.07, 6.45) is 5.73. The smallest absolute Gasteiger partial charge is 0.248 e. The van der Waals surface area contributed by atoms with Gasteiger partial charge in [0.15, 0.2) is 0 Å². The van der Waals surface area contributed by atoms with Crippen molar-refractivity contribution in [2.24, 2.45) is 5.73 Å². The standard InChI is InChI=1S/C27H24N6O/c1-2-20-4-3-5-22(31-20)26-25(19-11-12-21-23(16-19)30-15-14-29-21)32-24(33-26)13-8-17-6-9-18(10-7-17)27(28)34/h3-7,9-12,14-16H,2,8,13H2,1H3,(H2,28,34)(H,32,33). The summed E-state index contributed by atoms with van der Waals surface area (Å²) in [7, 11) is 0. The van der Waals surface area contributed by atoms with Gasteiger partial charge in [-0.3, -0.25) is 19.7 Å². The number of rotatable bonds is 7. The lowest BCUT2D eigenvalue weighted by atomic mass is 10.1. The highest BCUT2D eigenvalue weighted by molar-refractivity contribution is 5.92. The Hall–Kier alpha value is -4.39. The van der Waals surface area contributed by atoms with Crippen molar-refractivity contribution in [3.63, 3.8) is 0 Å². The van der Waals surface area contributed by atoms with E-state index in [9.17, 15) is 4.79 Å². The molecule has 0 aliphatic heterocycles. The molecule has 0 aliphatic rings. The number of nitrogens with two attached hydrogens (primary N) is 1. The van der Waals surface area contributed by atoms with E-state index >= 15 is 0 Å². The maximum atomic E-state index is 11.3. The van der Waals surface area contributed by atoms with Crippen molar-refractivity contribution in [2.45, 2.75) is 26.2 Å². The topological polar surface area (TPSA) is 110 Å². The maximum absolute atomic E-state index is 11.3. The molecule has 0 saturated carbocycles. The fourth-order valence-electron chi connectivity index (χ4n) is 3.96. The van der Waals surface area contributed by atoms with Gasteiger partial charge in [0.1, 0.15) is 5.82 Å². The summed E-state index contributed by atoms with van der Waals surface area (Å²) >= 11 is 0. The van der Waals surface area contributed by atoms with Gasteiger partial charge in [-0.2, -0.15) is 0 Å². The number of benzene rings is 2. The minimum absolute atomic E-state index is 0.422. The van der Waals surface area contributed by atoms with Crippen LogP contribution in [0.25, 0.3) is 33.7 Å². The predicted octanol–water partition coefficient (Wildman–Crippen LogP) is 4.53. The summed E-state index contributed by atoms with van der Waals surface area (Å²) in [6.45, 7) is 2.09. The lowest BCUT2D eigenvalue weighted by Gasteiger charge is -2.05. The summed E-state index contributed by atoms with van der Waals surface area (Å²) in [5.41, 5.74) is 13.2. The molecule has 0 saturated heterocycles. The van der Waals surface area contributed by atoms with Gasteiger partial charge in [0.05, 0.1) is 28.1 Å². The Kier molecular flexibility index (Phi) is 5.82. The Morgan fingerprint density at radius 1 is 0.912 bits per heavy atom. The van der Waals surface area contributed by atoms with Gasteiger partial charge in [-0.1, -0.05) is 31.2 Å². The van der Waals surface area contributed by atoms with Crippen molar-refractivity contribution in [2.75, 3.05) is 0 Å². The van der Waals surface area contributed by atoms with Crippen LogP contribution in [0.1, 0.15) is 34.4 Å². The van der Waals surface area contributed by atoms with Crippen molar-refractivity contribution in [1.29, 1.82) is 0 Å². The molecule has 3 aromatic heterocycles. The van der Waals surface area contributed by atoms with Gasteiger partial charge in [-0.15, -0.1) is 0 Å². The number of hydrogen-bond donors (Lipinski definition) is 2. The molecule has 2 aromatic carbocycles. The average Bonchev–Trinajstić information content (AvgIpc) is 3.32. The Morgan fingerprint density at radius 2 is 1.71 bits per heavy atom. The molecule has 7 heteroatoms. The first kappa shape index (κ1) is 21.5. The van der Waals surface area contributed by atoms with Gasteiger partial charge in [-0.25, -0.2) is 4.98 Å². The number of fused-ring (bicyclic) bond motifs is 1. The van der Waals surface area contributed by atoms with Crippen LogP contribution in [0.3, 0.4) is 0 Å².